The van der Waals surface area contributed by atoms with Crippen LogP contribution in [0.5, 0.6) is 0 Å². The molecule has 1 aromatic carbocycles. The fraction of sp³-hybridized carbons (Fsp3) is 0.217. The molecule has 0 radical (unpaired) electrons. The molecule has 0 saturated carbocycles. The smallest absolute Gasteiger partial charge is 0.261 e. The number of aryl methyl sites for hydroxylation is 2. The molecule has 0 aliphatic carbocycles. The van der Waals surface area contributed by atoms with Crippen molar-refractivity contribution in [3.63, 3.8) is 0 Å². The normalized spacial score (nSPS) is 16.1. The van der Waals surface area contributed by atoms with E-state index < -0.39 is 5.92 Å². The summed E-state index contributed by atoms with van der Waals surface area (Å²) in [5.41, 5.74) is 10.8. The van der Waals surface area contributed by atoms with Gasteiger partial charge in [0.05, 0.1) is 22.7 Å². The predicted octanol–water partition coefficient (Wildman–Crippen LogP) is 2.38. The summed E-state index contributed by atoms with van der Waals surface area (Å²) < 4.78 is 0. The second-order valence-electron chi connectivity index (χ2n) is 7.82. The summed E-state index contributed by atoms with van der Waals surface area (Å²) in [6.45, 7) is 5.53. The number of aromatic nitrogens is 1. The number of hydrogen-bond donors (Lipinski definition) is 3. The molecule has 3 heterocycles. The number of hydrogen-bond acceptors (Lipinski definition) is 6. The summed E-state index contributed by atoms with van der Waals surface area (Å²) in [5, 5.41) is 2.83. The Kier molecular flexibility index (Phi) is 5.06. The predicted molar refractivity (Wildman–Crippen MR) is 118 cm³/mol. The number of rotatable bonds is 4. The van der Waals surface area contributed by atoms with Crippen LogP contribution in [-0.2, 0) is 4.79 Å². The molecule has 0 bridgehead atoms. The van der Waals surface area contributed by atoms with Crippen molar-refractivity contribution < 1.29 is 15.8 Å². The second-order valence-corrected chi connectivity index (χ2v) is 7.82. The Labute approximate surface area is 181 Å². The summed E-state index contributed by atoms with van der Waals surface area (Å²) in [6, 6.07) is 5.48. The van der Waals surface area contributed by atoms with Gasteiger partial charge in [-0.3, -0.25) is 35.1 Å². The van der Waals surface area contributed by atoms with Gasteiger partial charge >= 0.3 is 0 Å². The molecule has 1 unspecified atom stereocenters. The van der Waals surface area contributed by atoms with Gasteiger partial charge in [-0.25, -0.2) is 0 Å². The summed E-state index contributed by atoms with van der Waals surface area (Å²) in [7, 11) is 1.45. The zero-order chi connectivity index (χ0) is 22.3. The van der Waals surface area contributed by atoms with Crippen LogP contribution in [-0.4, -0.2) is 34.7 Å². The van der Waals surface area contributed by atoms with Crippen LogP contribution in [0.4, 0.5) is 0 Å². The molecule has 0 fully saturated rings. The van der Waals surface area contributed by atoms with Gasteiger partial charge in [0.1, 0.15) is 5.82 Å². The Bertz CT molecular complexity index is 1190. The zero-order valence-corrected chi connectivity index (χ0v) is 17.7. The first-order valence-electron chi connectivity index (χ1n) is 9.90. The summed E-state index contributed by atoms with van der Waals surface area (Å²) >= 11 is 0. The Morgan fingerprint density at radius 3 is 2.52 bits per heavy atom. The molecule has 3 N–H and O–H groups in total. The SMILES string of the molecule is Cc1cncc(C2=CC=C(NC(=O)C(C)c3cc(C)cc4c3C(=O)N(C)C4=O)NN2)c1.[HH]. The average Bonchev–Trinajstić information content (AvgIpc) is 2.97. The minimum Gasteiger partial charge on any atom is -0.311 e. The van der Waals surface area contributed by atoms with E-state index in [4.69, 9.17) is 0 Å². The number of pyridine rings is 1. The van der Waals surface area contributed by atoms with Crippen LogP contribution in [0, 0.1) is 13.8 Å². The number of hydrazine groups is 1. The highest BCUT2D eigenvalue weighted by Crippen LogP contribution is 2.31. The molecule has 0 saturated heterocycles. The van der Waals surface area contributed by atoms with E-state index in [2.05, 4.69) is 21.2 Å². The maximum Gasteiger partial charge on any atom is 0.261 e. The van der Waals surface area contributed by atoms with Gasteiger partial charge in [-0.15, -0.1) is 0 Å². The van der Waals surface area contributed by atoms with Crippen molar-refractivity contribution >= 4 is 23.4 Å². The van der Waals surface area contributed by atoms with Crippen molar-refractivity contribution in [2.75, 3.05) is 7.05 Å². The molecule has 0 spiro atoms. The van der Waals surface area contributed by atoms with Crippen LogP contribution in [0.2, 0.25) is 0 Å². The number of nitrogens with one attached hydrogen (secondary N) is 3. The van der Waals surface area contributed by atoms with Crippen molar-refractivity contribution in [1.82, 2.24) is 26.1 Å². The van der Waals surface area contributed by atoms with Crippen LogP contribution < -0.4 is 16.2 Å². The van der Waals surface area contributed by atoms with Gasteiger partial charge < -0.3 is 5.32 Å². The highest BCUT2D eigenvalue weighted by Gasteiger charge is 2.37. The first kappa shape index (κ1) is 20.3. The second kappa shape index (κ2) is 7.71. The van der Waals surface area contributed by atoms with Crippen LogP contribution in [0.15, 0.2) is 48.6 Å². The third-order valence-electron chi connectivity index (χ3n) is 5.42. The Morgan fingerprint density at radius 2 is 1.84 bits per heavy atom. The van der Waals surface area contributed by atoms with E-state index in [0.717, 1.165) is 27.3 Å². The fourth-order valence-electron chi connectivity index (χ4n) is 3.71. The van der Waals surface area contributed by atoms with E-state index in [9.17, 15) is 14.4 Å². The molecule has 1 atom stereocenters. The highest BCUT2D eigenvalue weighted by atomic mass is 16.2. The lowest BCUT2D eigenvalue weighted by Crippen LogP contribution is -2.41. The van der Waals surface area contributed by atoms with E-state index in [1.807, 2.05) is 26.0 Å². The van der Waals surface area contributed by atoms with Crippen molar-refractivity contribution in [2.45, 2.75) is 26.7 Å². The van der Waals surface area contributed by atoms with Crippen LogP contribution in [0.3, 0.4) is 0 Å². The Hall–Kier alpha value is -3.94. The molecule has 4 rings (SSSR count). The number of imide groups is 1. The zero-order valence-electron chi connectivity index (χ0n) is 17.7. The van der Waals surface area contributed by atoms with Crippen molar-refractivity contribution in [2.24, 2.45) is 0 Å². The van der Waals surface area contributed by atoms with E-state index >= 15 is 0 Å². The number of carbonyl (C=O) groups excluding carboxylic acids is 3. The molecule has 2 aromatic rings. The monoisotopic (exact) mass is 419 g/mol. The lowest BCUT2D eigenvalue weighted by molar-refractivity contribution is -0.121. The number of allylic oxidation sites excluding steroid dienone is 2. The molecule has 2 aliphatic rings. The van der Waals surface area contributed by atoms with E-state index in [1.165, 1.54) is 7.05 Å². The molecule has 8 heteroatoms. The summed E-state index contributed by atoms with van der Waals surface area (Å²) in [5.74, 6) is -1.18. The first-order chi connectivity index (χ1) is 14.8. The molecular formula is C23H25N5O3. The molecule has 2 aliphatic heterocycles. The number of carbonyl (C=O) groups is 3. The number of fused-ring (bicyclic) bond motifs is 1. The summed E-state index contributed by atoms with van der Waals surface area (Å²) in [6.07, 6.45) is 7.12. The van der Waals surface area contributed by atoms with Gasteiger partial charge in [-0.05, 0) is 61.7 Å². The van der Waals surface area contributed by atoms with E-state index in [1.54, 1.807) is 37.5 Å². The largest absolute Gasteiger partial charge is 0.311 e. The lowest BCUT2D eigenvalue weighted by Gasteiger charge is -2.22. The standard InChI is InChI=1S/C23H23N5O3.H2/c1-12-8-16(20-17(9-12)22(30)28(4)23(20)31)14(3)21(29)25-19-6-5-18(26-27-19)15-7-13(2)10-24-11-15;/h5-11,14,26-27H,1-4H3,(H,25,29);1H. The first-order valence-corrected chi connectivity index (χ1v) is 9.90. The molecule has 8 nitrogen and oxygen atoms in total. The third kappa shape index (κ3) is 3.68. The minimum atomic E-state index is -0.633. The quantitative estimate of drug-likeness (QED) is 0.658. The maximum atomic E-state index is 12.9. The van der Waals surface area contributed by atoms with Crippen molar-refractivity contribution in [3.05, 3.63) is 81.9 Å². The fourth-order valence-corrected chi connectivity index (χ4v) is 3.71. The van der Waals surface area contributed by atoms with Gasteiger partial charge in [0, 0.05) is 26.4 Å². The van der Waals surface area contributed by atoms with Crippen LogP contribution in [0.25, 0.3) is 5.70 Å². The number of benzene rings is 1. The topological polar surface area (TPSA) is 103 Å². The molecule has 31 heavy (non-hydrogen) atoms. The maximum absolute atomic E-state index is 12.9. The number of nitrogens with zero attached hydrogens (tertiary/aromatic N) is 2. The van der Waals surface area contributed by atoms with Crippen molar-refractivity contribution in [3.8, 4) is 0 Å². The minimum absolute atomic E-state index is 0. The average molecular weight is 419 g/mol. The molecule has 3 amide bonds. The van der Waals surface area contributed by atoms with Crippen molar-refractivity contribution in [1.29, 1.82) is 0 Å². The molecular weight excluding hydrogens is 394 g/mol. The van der Waals surface area contributed by atoms with Gasteiger partial charge in [-0.1, -0.05) is 6.07 Å². The van der Waals surface area contributed by atoms with Gasteiger partial charge in [0.2, 0.25) is 5.91 Å². The Balaban J connectivity index is 0.00000289. The van der Waals surface area contributed by atoms with Crippen LogP contribution >= 0.6 is 0 Å². The van der Waals surface area contributed by atoms with E-state index in [0.29, 0.717) is 22.5 Å². The lowest BCUT2D eigenvalue weighted by atomic mass is 9.90. The molecule has 1 aromatic heterocycles. The van der Waals surface area contributed by atoms with Crippen LogP contribution in [0.1, 0.15) is 57.2 Å². The third-order valence-corrected chi connectivity index (χ3v) is 5.42. The van der Waals surface area contributed by atoms with E-state index in [-0.39, 0.29) is 19.1 Å². The molecule has 160 valence electrons. The van der Waals surface area contributed by atoms with Gasteiger partial charge in [0.25, 0.3) is 11.8 Å². The van der Waals surface area contributed by atoms with Gasteiger partial charge in [-0.2, -0.15) is 0 Å². The van der Waals surface area contributed by atoms with Gasteiger partial charge in [0.15, 0.2) is 0 Å². The Morgan fingerprint density at radius 1 is 1.06 bits per heavy atom. The highest BCUT2D eigenvalue weighted by molar-refractivity contribution is 6.22. The number of amides is 3. The summed E-state index contributed by atoms with van der Waals surface area (Å²) in [4.78, 5) is 43.1.